The summed E-state index contributed by atoms with van der Waals surface area (Å²) in [5, 5.41) is 17.4. The first-order valence-corrected chi connectivity index (χ1v) is 5.71. The van der Waals surface area contributed by atoms with Crippen molar-refractivity contribution in [3.8, 4) is 0 Å². The lowest BCUT2D eigenvalue weighted by Crippen LogP contribution is -2.15. The molecule has 6 nitrogen and oxygen atoms in total. The van der Waals surface area contributed by atoms with Crippen LogP contribution in [0.5, 0.6) is 0 Å². The summed E-state index contributed by atoms with van der Waals surface area (Å²) in [6, 6.07) is 0. The van der Waals surface area contributed by atoms with Gasteiger partial charge in [-0.3, -0.25) is 9.59 Å². The van der Waals surface area contributed by atoms with Gasteiger partial charge in [0.05, 0.1) is 12.5 Å². The van der Waals surface area contributed by atoms with Gasteiger partial charge in [0, 0.05) is 12.5 Å². The summed E-state index contributed by atoms with van der Waals surface area (Å²) in [4.78, 5) is 31.9. The molecule has 2 N–H and O–H groups in total. The van der Waals surface area contributed by atoms with Crippen molar-refractivity contribution in [1.29, 1.82) is 0 Å². The molecule has 18 heavy (non-hydrogen) atoms. The first kappa shape index (κ1) is 16.1. The number of carbonyl (C=O) groups is 3. The zero-order valence-electron chi connectivity index (χ0n) is 10.1. The molecule has 0 aliphatic heterocycles. The Morgan fingerprint density at radius 3 is 2.33 bits per heavy atom. The van der Waals surface area contributed by atoms with Crippen LogP contribution in [0.4, 0.5) is 0 Å². The lowest BCUT2D eigenvalue weighted by atomic mass is 9.97. The molecule has 0 heterocycles. The van der Waals surface area contributed by atoms with Crippen LogP contribution in [0.25, 0.3) is 0 Å². The summed E-state index contributed by atoms with van der Waals surface area (Å²) in [5.74, 6) is -3.15. The average molecular weight is 258 g/mol. The minimum atomic E-state index is -0.999. The quantitative estimate of drug-likeness (QED) is 0.349. The van der Waals surface area contributed by atoms with E-state index < -0.39 is 23.8 Å². The van der Waals surface area contributed by atoms with Crippen molar-refractivity contribution in [3.63, 3.8) is 0 Å². The maximum absolute atomic E-state index is 10.8. The van der Waals surface area contributed by atoms with Crippen LogP contribution >= 0.6 is 0 Å². The van der Waals surface area contributed by atoms with E-state index in [1.54, 1.807) is 0 Å². The van der Waals surface area contributed by atoms with E-state index >= 15 is 0 Å². The second-order valence-electron chi connectivity index (χ2n) is 3.83. The van der Waals surface area contributed by atoms with E-state index in [0.717, 1.165) is 6.08 Å². The number of unbranched alkanes of at least 4 members (excludes halogenated alkanes) is 1. The molecular weight excluding hydrogens is 240 g/mol. The van der Waals surface area contributed by atoms with E-state index in [0.29, 0.717) is 19.3 Å². The fourth-order valence-electron chi connectivity index (χ4n) is 1.41. The van der Waals surface area contributed by atoms with Gasteiger partial charge in [0.15, 0.2) is 0 Å². The molecule has 0 aliphatic carbocycles. The van der Waals surface area contributed by atoms with Gasteiger partial charge in [-0.15, -0.1) is 0 Å². The Labute approximate surface area is 105 Å². The minimum Gasteiger partial charge on any atom is -0.481 e. The largest absolute Gasteiger partial charge is 0.481 e. The highest BCUT2D eigenvalue weighted by molar-refractivity contribution is 5.81. The third-order valence-corrected chi connectivity index (χ3v) is 2.41. The molecule has 0 amide bonds. The van der Waals surface area contributed by atoms with Crippen LogP contribution in [0, 0.1) is 5.92 Å². The van der Waals surface area contributed by atoms with Crippen molar-refractivity contribution in [3.05, 3.63) is 12.7 Å². The number of carbonyl (C=O) groups excluding carboxylic acids is 1. The second-order valence-corrected chi connectivity index (χ2v) is 3.83. The Morgan fingerprint density at radius 1 is 1.17 bits per heavy atom. The third kappa shape index (κ3) is 8.32. The number of aliphatic carboxylic acids is 2. The fourth-order valence-corrected chi connectivity index (χ4v) is 1.41. The van der Waals surface area contributed by atoms with Crippen molar-refractivity contribution in [2.24, 2.45) is 5.92 Å². The van der Waals surface area contributed by atoms with Gasteiger partial charge in [0.2, 0.25) is 0 Å². The normalized spacial score (nSPS) is 11.6. The van der Waals surface area contributed by atoms with Crippen molar-refractivity contribution < 1.29 is 29.3 Å². The van der Waals surface area contributed by atoms with Crippen LogP contribution < -0.4 is 0 Å². The number of esters is 1. The zero-order chi connectivity index (χ0) is 14.0. The van der Waals surface area contributed by atoms with Crippen LogP contribution in [0.15, 0.2) is 12.7 Å². The standard InChI is InChI=1S/C12H18O6/c1-2-11(15)18-8-4-3-5-9(12(16)17)6-7-10(13)14/h2,9H,1,3-8H2,(H,13,14)(H,16,17). The van der Waals surface area contributed by atoms with Gasteiger partial charge >= 0.3 is 17.9 Å². The van der Waals surface area contributed by atoms with Crippen LogP contribution in [-0.4, -0.2) is 34.7 Å². The van der Waals surface area contributed by atoms with E-state index in [1.165, 1.54) is 0 Å². The number of ether oxygens (including phenoxy) is 1. The monoisotopic (exact) mass is 258 g/mol. The smallest absolute Gasteiger partial charge is 0.330 e. The molecule has 0 radical (unpaired) electrons. The van der Waals surface area contributed by atoms with Gasteiger partial charge in [0.25, 0.3) is 0 Å². The predicted octanol–water partition coefficient (Wildman–Crippen LogP) is 1.45. The predicted molar refractivity (Wildman–Crippen MR) is 63.0 cm³/mol. The molecular formula is C12H18O6. The lowest BCUT2D eigenvalue weighted by Gasteiger charge is -2.10. The summed E-state index contributed by atoms with van der Waals surface area (Å²) in [6.45, 7) is 3.46. The van der Waals surface area contributed by atoms with Crippen LogP contribution in [0.1, 0.15) is 32.1 Å². The first-order chi connectivity index (χ1) is 8.47. The van der Waals surface area contributed by atoms with Crippen molar-refractivity contribution in [1.82, 2.24) is 0 Å². The van der Waals surface area contributed by atoms with Crippen molar-refractivity contribution in [2.75, 3.05) is 6.61 Å². The highest BCUT2D eigenvalue weighted by atomic mass is 16.5. The molecule has 1 atom stereocenters. The van der Waals surface area contributed by atoms with E-state index in [9.17, 15) is 14.4 Å². The van der Waals surface area contributed by atoms with Crippen LogP contribution in [0.2, 0.25) is 0 Å². The molecule has 0 aliphatic rings. The number of hydrogen-bond acceptors (Lipinski definition) is 4. The summed E-state index contributed by atoms with van der Waals surface area (Å²) in [5.41, 5.74) is 0. The van der Waals surface area contributed by atoms with Gasteiger partial charge in [0.1, 0.15) is 0 Å². The number of rotatable bonds is 10. The third-order valence-electron chi connectivity index (χ3n) is 2.41. The molecule has 6 heteroatoms. The van der Waals surface area contributed by atoms with Crippen molar-refractivity contribution in [2.45, 2.75) is 32.1 Å². The topological polar surface area (TPSA) is 101 Å². The van der Waals surface area contributed by atoms with Gasteiger partial charge in [-0.2, -0.15) is 0 Å². The van der Waals surface area contributed by atoms with E-state index in [-0.39, 0.29) is 19.4 Å². The van der Waals surface area contributed by atoms with Gasteiger partial charge in [-0.05, 0) is 25.7 Å². The van der Waals surface area contributed by atoms with Gasteiger partial charge in [-0.25, -0.2) is 4.79 Å². The van der Waals surface area contributed by atoms with Crippen LogP contribution in [-0.2, 0) is 19.1 Å². The summed E-state index contributed by atoms with van der Waals surface area (Å²) >= 11 is 0. The van der Waals surface area contributed by atoms with Crippen molar-refractivity contribution >= 4 is 17.9 Å². The SMILES string of the molecule is C=CC(=O)OCCCCC(CCC(=O)O)C(=O)O. The van der Waals surface area contributed by atoms with E-state index in [4.69, 9.17) is 14.9 Å². The highest BCUT2D eigenvalue weighted by Gasteiger charge is 2.18. The number of carboxylic acids is 2. The molecule has 102 valence electrons. The van der Waals surface area contributed by atoms with E-state index in [1.807, 2.05) is 0 Å². The highest BCUT2D eigenvalue weighted by Crippen LogP contribution is 2.15. The minimum absolute atomic E-state index is 0.122. The fraction of sp³-hybridized carbons (Fsp3) is 0.583. The first-order valence-electron chi connectivity index (χ1n) is 5.71. The summed E-state index contributed by atoms with van der Waals surface area (Å²) in [7, 11) is 0. The second kappa shape index (κ2) is 9.21. The Bertz CT molecular complexity index is 310. The van der Waals surface area contributed by atoms with Crippen LogP contribution in [0.3, 0.4) is 0 Å². The molecule has 0 saturated heterocycles. The Hall–Kier alpha value is -1.85. The summed E-state index contributed by atoms with van der Waals surface area (Å²) in [6.07, 6.45) is 2.54. The van der Waals surface area contributed by atoms with Gasteiger partial charge < -0.3 is 14.9 Å². The molecule has 0 aromatic carbocycles. The zero-order valence-corrected chi connectivity index (χ0v) is 10.1. The number of carboxylic acid groups (broad SMARTS) is 2. The maximum atomic E-state index is 10.8. The lowest BCUT2D eigenvalue weighted by molar-refractivity contribution is -0.143. The summed E-state index contributed by atoms with van der Waals surface area (Å²) < 4.78 is 4.73. The molecule has 0 saturated carbocycles. The Balaban J connectivity index is 3.77. The van der Waals surface area contributed by atoms with E-state index in [2.05, 4.69) is 6.58 Å². The molecule has 0 aromatic rings. The molecule has 1 unspecified atom stereocenters. The Morgan fingerprint density at radius 2 is 1.83 bits per heavy atom. The molecule has 0 fully saturated rings. The maximum Gasteiger partial charge on any atom is 0.330 e. The molecule has 0 rings (SSSR count). The molecule has 0 aromatic heterocycles. The Kier molecular flexibility index (Phi) is 8.26. The number of hydrogen-bond donors (Lipinski definition) is 2. The van der Waals surface area contributed by atoms with Gasteiger partial charge in [-0.1, -0.05) is 6.58 Å². The average Bonchev–Trinajstić information content (AvgIpc) is 2.31. The molecule has 0 bridgehead atoms. The molecule has 0 spiro atoms.